The van der Waals surface area contributed by atoms with Crippen LogP contribution in [-0.2, 0) is 9.59 Å². The Balaban J connectivity index is 1.46. The lowest BCUT2D eigenvalue weighted by Gasteiger charge is -2.18. The first kappa shape index (κ1) is 22.6. The van der Waals surface area contributed by atoms with Gasteiger partial charge in [-0.15, -0.1) is 11.3 Å². The van der Waals surface area contributed by atoms with Crippen LogP contribution in [0.3, 0.4) is 0 Å². The number of ether oxygens (including phenoxy) is 3. The predicted molar refractivity (Wildman–Crippen MR) is 127 cm³/mol. The highest BCUT2D eigenvalue weighted by Gasteiger charge is 2.35. The van der Waals surface area contributed by atoms with Crippen molar-refractivity contribution >= 4 is 34.0 Å². The number of aryl methyl sites for hydroxylation is 1. The molecule has 0 aliphatic carbocycles. The first-order chi connectivity index (χ1) is 15.9. The predicted octanol–water partition coefficient (Wildman–Crippen LogP) is 4.14. The average Bonchev–Trinajstić information content (AvgIpc) is 3.45. The van der Waals surface area contributed by atoms with Gasteiger partial charge in [0.2, 0.25) is 11.8 Å². The lowest BCUT2D eigenvalue weighted by Crippen LogP contribution is -2.28. The Morgan fingerprint density at radius 3 is 2.52 bits per heavy atom. The third-order valence-corrected chi connectivity index (χ3v) is 6.30. The molecular formula is C24H25N3O5S. The van der Waals surface area contributed by atoms with Crippen molar-refractivity contribution in [3.05, 3.63) is 47.3 Å². The van der Waals surface area contributed by atoms with Gasteiger partial charge in [-0.1, -0.05) is 11.6 Å². The zero-order valence-corrected chi connectivity index (χ0v) is 19.7. The van der Waals surface area contributed by atoms with E-state index >= 15 is 0 Å². The van der Waals surface area contributed by atoms with E-state index in [4.69, 9.17) is 14.2 Å². The Labute approximate surface area is 196 Å². The molecule has 1 aromatic heterocycles. The van der Waals surface area contributed by atoms with Gasteiger partial charge in [-0.25, -0.2) is 4.98 Å². The molecule has 1 atom stereocenters. The summed E-state index contributed by atoms with van der Waals surface area (Å²) in [6.45, 7) is 2.28. The summed E-state index contributed by atoms with van der Waals surface area (Å²) < 4.78 is 16.0. The Bertz CT molecular complexity index is 1190. The van der Waals surface area contributed by atoms with Crippen molar-refractivity contribution in [3.8, 4) is 28.5 Å². The number of hydrogen-bond donors (Lipinski definition) is 1. The second-order valence-electron chi connectivity index (χ2n) is 7.68. The van der Waals surface area contributed by atoms with Crippen LogP contribution in [0.1, 0.15) is 12.0 Å². The topological polar surface area (TPSA) is 90.0 Å². The van der Waals surface area contributed by atoms with Gasteiger partial charge >= 0.3 is 0 Å². The number of carbonyl (C=O) groups excluding carboxylic acids is 2. The number of thiazole rings is 1. The number of nitrogens with one attached hydrogen (secondary N) is 1. The summed E-state index contributed by atoms with van der Waals surface area (Å²) in [7, 11) is 4.71. The Kier molecular flexibility index (Phi) is 6.50. The van der Waals surface area contributed by atoms with Gasteiger partial charge in [0.25, 0.3) is 0 Å². The molecule has 1 aliphatic rings. The van der Waals surface area contributed by atoms with Crippen molar-refractivity contribution in [1.29, 1.82) is 0 Å². The summed E-state index contributed by atoms with van der Waals surface area (Å²) in [5.41, 5.74) is 3.34. The minimum Gasteiger partial charge on any atom is -0.496 e. The second kappa shape index (κ2) is 9.50. The molecule has 9 heteroatoms. The molecule has 1 fully saturated rings. The number of amides is 2. The Morgan fingerprint density at radius 2 is 1.79 bits per heavy atom. The van der Waals surface area contributed by atoms with Crippen LogP contribution in [0.25, 0.3) is 11.3 Å². The van der Waals surface area contributed by atoms with Crippen LogP contribution in [0, 0.1) is 12.8 Å². The Hall–Kier alpha value is -3.59. The summed E-state index contributed by atoms with van der Waals surface area (Å²) in [5.74, 6) is 0.988. The molecular weight excluding hydrogens is 442 g/mol. The number of nitrogens with zero attached hydrogens (tertiary/aromatic N) is 2. The van der Waals surface area contributed by atoms with E-state index in [0.29, 0.717) is 22.3 Å². The summed E-state index contributed by atoms with van der Waals surface area (Å²) in [5, 5.41) is 5.22. The van der Waals surface area contributed by atoms with Gasteiger partial charge in [0.15, 0.2) is 16.6 Å². The molecule has 8 nitrogen and oxygen atoms in total. The molecule has 1 unspecified atom stereocenters. The molecule has 33 heavy (non-hydrogen) atoms. The monoisotopic (exact) mass is 467 g/mol. The lowest BCUT2D eigenvalue weighted by molar-refractivity contribution is -0.122. The Morgan fingerprint density at radius 1 is 1.06 bits per heavy atom. The zero-order chi connectivity index (χ0) is 23.5. The number of benzene rings is 2. The smallest absolute Gasteiger partial charge is 0.231 e. The van der Waals surface area contributed by atoms with Gasteiger partial charge in [-0.3, -0.25) is 9.59 Å². The van der Waals surface area contributed by atoms with E-state index in [1.54, 1.807) is 37.3 Å². The third kappa shape index (κ3) is 4.63. The molecule has 1 N–H and O–H groups in total. The van der Waals surface area contributed by atoms with E-state index in [0.717, 1.165) is 22.6 Å². The van der Waals surface area contributed by atoms with E-state index in [9.17, 15) is 9.59 Å². The maximum atomic E-state index is 12.9. The minimum atomic E-state index is -0.480. The number of aromatic nitrogens is 1. The second-order valence-corrected chi connectivity index (χ2v) is 8.53. The molecule has 0 radical (unpaired) electrons. The van der Waals surface area contributed by atoms with Crippen LogP contribution >= 0.6 is 11.3 Å². The van der Waals surface area contributed by atoms with Crippen molar-refractivity contribution in [2.45, 2.75) is 13.3 Å². The maximum Gasteiger partial charge on any atom is 0.231 e. The number of hydrogen-bond acceptors (Lipinski definition) is 7. The normalized spacial score (nSPS) is 15.5. The number of carbonyl (C=O) groups is 2. The number of methoxy groups -OCH3 is 3. The fraction of sp³-hybridized carbons (Fsp3) is 0.292. The number of rotatable bonds is 7. The SMILES string of the molecule is COc1ccc(N2CC(C(=O)Nc3nc(-c4cc(C)ccc4OC)cs3)CC2=O)cc1OC. The van der Waals surface area contributed by atoms with E-state index in [2.05, 4.69) is 10.3 Å². The molecule has 2 aromatic carbocycles. The highest BCUT2D eigenvalue weighted by molar-refractivity contribution is 7.14. The fourth-order valence-electron chi connectivity index (χ4n) is 3.81. The standard InChI is InChI=1S/C24H25N3O5S/c1-14-5-7-19(30-2)17(9-14)18-13-33-24(25-18)26-23(29)15-10-22(28)27(12-15)16-6-8-20(31-3)21(11-16)32-4/h5-9,11,13,15H,10,12H2,1-4H3,(H,25,26,29). The first-order valence-electron chi connectivity index (χ1n) is 10.4. The lowest BCUT2D eigenvalue weighted by atomic mass is 10.1. The van der Waals surface area contributed by atoms with E-state index < -0.39 is 5.92 Å². The molecule has 3 aromatic rings. The van der Waals surface area contributed by atoms with Gasteiger partial charge < -0.3 is 24.4 Å². The van der Waals surface area contributed by atoms with Crippen LogP contribution < -0.4 is 24.4 Å². The molecule has 0 spiro atoms. The quantitative estimate of drug-likeness (QED) is 0.562. The third-order valence-electron chi connectivity index (χ3n) is 5.54. The molecule has 172 valence electrons. The number of anilines is 2. The minimum absolute atomic E-state index is 0.119. The summed E-state index contributed by atoms with van der Waals surface area (Å²) >= 11 is 1.34. The maximum absolute atomic E-state index is 12.9. The molecule has 0 bridgehead atoms. The molecule has 1 saturated heterocycles. The van der Waals surface area contributed by atoms with Crippen LogP contribution in [-0.4, -0.2) is 44.7 Å². The van der Waals surface area contributed by atoms with Gasteiger partial charge in [0.1, 0.15) is 5.75 Å². The molecule has 1 aliphatic heterocycles. The summed E-state index contributed by atoms with van der Waals surface area (Å²) in [6.07, 6.45) is 0.129. The van der Waals surface area contributed by atoms with Crippen molar-refractivity contribution in [3.63, 3.8) is 0 Å². The fourth-order valence-corrected chi connectivity index (χ4v) is 4.52. The van der Waals surface area contributed by atoms with Crippen molar-refractivity contribution in [2.24, 2.45) is 5.92 Å². The van der Waals surface area contributed by atoms with Crippen LogP contribution in [0.2, 0.25) is 0 Å². The first-order valence-corrected chi connectivity index (χ1v) is 11.2. The summed E-state index contributed by atoms with van der Waals surface area (Å²) in [4.78, 5) is 31.7. The highest BCUT2D eigenvalue weighted by Crippen LogP contribution is 2.35. The largest absolute Gasteiger partial charge is 0.496 e. The van der Waals surface area contributed by atoms with Gasteiger partial charge in [0, 0.05) is 35.7 Å². The van der Waals surface area contributed by atoms with E-state index in [1.165, 1.54) is 18.4 Å². The van der Waals surface area contributed by atoms with Crippen LogP contribution in [0.5, 0.6) is 17.2 Å². The van der Waals surface area contributed by atoms with Gasteiger partial charge in [-0.05, 0) is 31.2 Å². The van der Waals surface area contributed by atoms with Crippen molar-refractivity contribution in [1.82, 2.24) is 4.98 Å². The van der Waals surface area contributed by atoms with Gasteiger partial charge in [0.05, 0.1) is 32.9 Å². The van der Waals surface area contributed by atoms with Crippen LogP contribution in [0.15, 0.2) is 41.8 Å². The zero-order valence-electron chi connectivity index (χ0n) is 18.9. The molecule has 2 amide bonds. The van der Waals surface area contributed by atoms with Crippen LogP contribution in [0.4, 0.5) is 10.8 Å². The molecule has 0 saturated carbocycles. The molecule has 2 heterocycles. The molecule has 4 rings (SSSR count). The summed E-state index contributed by atoms with van der Waals surface area (Å²) in [6, 6.07) is 11.1. The van der Waals surface area contributed by atoms with Crippen molar-refractivity contribution in [2.75, 3.05) is 38.1 Å². The van der Waals surface area contributed by atoms with Gasteiger partial charge in [-0.2, -0.15) is 0 Å². The highest BCUT2D eigenvalue weighted by atomic mass is 32.1. The average molecular weight is 468 g/mol. The van der Waals surface area contributed by atoms with E-state index in [-0.39, 0.29) is 24.8 Å². The van der Waals surface area contributed by atoms with Crippen molar-refractivity contribution < 1.29 is 23.8 Å². The van der Waals surface area contributed by atoms with E-state index in [1.807, 2.05) is 30.5 Å².